The number of aryl methyl sites for hydroxylation is 1. The Morgan fingerprint density at radius 3 is 2.60 bits per heavy atom. The Morgan fingerprint density at radius 2 is 1.80 bits per heavy atom. The Morgan fingerprint density at radius 1 is 1.03 bits per heavy atom. The molecule has 2 heterocycles. The molecule has 0 radical (unpaired) electrons. The molecule has 0 saturated carbocycles. The van der Waals surface area contributed by atoms with Crippen molar-refractivity contribution in [1.29, 1.82) is 0 Å². The van der Waals surface area contributed by atoms with Crippen molar-refractivity contribution < 1.29 is 9.59 Å². The third kappa shape index (κ3) is 4.65. The fourth-order valence-corrected chi connectivity index (χ4v) is 4.33. The summed E-state index contributed by atoms with van der Waals surface area (Å²) in [7, 11) is 0. The van der Waals surface area contributed by atoms with Gasteiger partial charge in [0.25, 0.3) is 5.91 Å². The molecule has 0 aliphatic carbocycles. The number of nitrogens with zero attached hydrogens (tertiary/aromatic N) is 3. The number of hydrogen-bond donors (Lipinski definition) is 2. The molecule has 1 atom stereocenters. The lowest BCUT2D eigenvalue weighted by Gasteiger charge is -2.31. The fraction of sp³-hybridized carbons (Fsp3) is 0.273. The van der Waals surface area contributed by atoms with Crippen molar-refractivity contribution in [3.05, 3.63) is 70.2 Å². The van der Waals surface area contributed by atoms with Crippen LogP contribution in [0, 0.1) is 6.92 Å². The normalized spacial score (nSPS) is 16.2. The molecule has 2 N–H and O–H groups in total. The predicted octanol–water partition coefficient (Wildman–Crippen LogP) is 4.51. The molecular weight excluding hydrogens is 398 g/mol. The van der Waals surface area contributed by atoms with Gasteiger partial charge >= 0.3 is 6.03 Å². The maximum Gasteiger partial charge on any atom is 0.321 e. The van der Waals surface area contributed by atoms with Crippen molar-refractivity contribution in [3.8, 4) is 0 Å². The number of carbonyl (C=O) groups is 2. The number of anilines is 2. The smallest absolute Gasteiger partial charge is 0.321 e. The van der Waals surface area contributed by atoms with E-state index in [0.717, 1.165) is 34.8 Å². The van der Waals surface area contributed by atoms with Crippen molar-refractivity contribution >= 4 is 34.6 Å². The number of carbonyl (C=O) groups excluding carboxylic acids is 2. The Bertz CT molecular complexity index is 1040. The second-order valence-electron chi connectivity index (χ2n) is 7.30. The summed E-state index contributed by atoms with van der Waals surface area (Å²) >= 11 is 1.29. The number of amides is 3. The molecule has 1 aliphatic heterocycles. The second-order valence-corrected chi connectivity index (χ2v) is 8.30. The van der Waals surface area contributed by atoms with Crippen LogP contribution >= 0.6 is 11.3 Å². The monoisotopic (exact) mass is 421 g/mol. The highest BCUT2D eigenvalue weighted by Crippen LogP contribution is 2.30. The number of hydrogen-bond acceptors (Lipinski definition) is 5. The molecule has 1 aromatic heterocycles. The van der Waals surface area contributed by atoms with E-state index in [4.69, 9.17) is 0 Å². The molecule has 1 saturated heterocycles. The molecule has 4 rings (SSSR count). The summed E-state index contributed by atoms with van der Waals surface area (Å²) in [5, 5.41) is 15.3. The molecular formula is C22H23N5O2S. The van der Waals surface area contributed by atoms with Gasteiger partial charge in [0.1, 0.15) is 5.01 Å². The van der Waals surface area contributed by atoms with E-state index >= 15 is 0 Å². The molecule has 30 heavy (non-hydrogen) atoms. The maximum absolute atomic E-state index is 12.7. The highest BCUT2D eigenvalue weighted by Gasteiger charge is 2.28. The number of aromatic nitrogens is 2. The van der Waals surface area contributed by atoms with Crippen LogP contribution in [-0.2, 0) is 0 Å². The first-order valence-corrected chi connectivity index (χ1v) is 10.7. The molecule has 7 nitrogen and oxygen atoms in total. The van der Waals surface area contributed by atoms with Gasteiger partial charge in [0.2, 0.25) is 5.01 Å². The third-order valence-electron chi connectivity index (χ3n) is 5.11. The Kier molecular flexibility index (Phi) is 6.04. The Balaban J connectivity index is 1.39. The zero-order valence-corrected chi connectivity index (χ0v) is 17.5. The minimum absolute atomic E-state index is 0.0807. The van der Waals surface area contributed by atoms with Crippen molar-refractivity contribution in [3.63, 3.8) is 0 Å². The van der Waals surface area contributed by atoms with Crippen LogP contribution < -0.4 is 10.6 Å². The molecule has 0 bridgehead atoms. The number of rotatable bonds is 4. The number of piperidine rings is 1. The summed E-state index contributed by atoms with van der Waals surface area (Å²) in [5.74, 6) is -0.188. The van der Waals surface area contributed by atoms with Crippen LogP contribution in [0.3, 0.4) is 0 Å². The summed E-state index contributed by atoms with van der Waals surface area (Å²) in [5.41, 5.74) is 2.56. The predicted molar refractivity (Wildman–Crippen MR) is 118 cm³/mol. The van der Waals surface area contributed by atoms with Crippen molar-refractivity contribution in [2.75, 3.05) is 23.7 Å². The van der Waals surface area contributed by atoms with Crippen LogP contribution in [0.4, 0.5) is 16.2 Å². The van der Waals surface area contributed by atoms with Gasteiger partial charge in [-0.3, -0.25) is 4.79 Å². The molecule has 8 heteroatoms. The average Bonchev–Trinajstić information content (AvgIpc) is 3.27. The van der Waals surface area contributed by atoms with Gasteiger partial charge in [0.15, 0.2) is 0 Å². The summed E-state index contributed by atoms with van der Waals surface area (Å²) in [4.78, 5) is 27.0. The molecule has 154 valence electrons. The van der Waals surface area contributed by atoms with Gasteiger partial charge in [-0.1, -0.05) is 47.7 Å². The van der Waals surface area contributed by atoms with Crippen molar-refractivity contribution in [2.24, 2.45) is 0 Å². The van der Waals surface area contributed by atoms with Gasteiger partial charge in [-0.15, -0.1) is 10.2 Å². The van der Waals surface area contributed by atoms with Gasteiger partial charge in [-0.05, 0) is 43.5 Å². The topological polar surface area (TPSA) is 87.2 Å². The Hall–Kier alpha value is -3.26. The lowest BCUT2D eigenvalue weighted by Crippen LogP contribution is -2.41. The highest BCUT2D eigenvalue weighted by molar-refractivity contribution is 7.13. The van der Waals surface area contributed by atoms with Gasteiger partial charge in [-0.2, -0.15) is 0 Å². The standard InChI is InChI=1S/C22H23N5O2S/c1-15-8-5-6-12-18(15)24-22(29)27-13-7-9-16(14-27)20-25-26-21(30-20)19(28)23-17-10-3-2-4-11-17/h2-6,8,10-12,16H,7,9,13-14H2,1H3,(H,23,28)(H,24,29)/t16-/m1/s1. The van der Waals surface area contributed by atoms with E-state index in [-0.39, 0.29) is 17.9 Å². The van der Waals surface area contributed by atoms with Crippen molar-refractivity contribution in [1.82, 2.24) is 15.1 Å². The number of nitrogens with one attached hydrogen (secondary N) is 2. The van der Waals surface area contributed by atoms with Gasteiger partial charge in [-0.25, -0.2) is 4.79 Å². The van der Waals surface area contributed by atoms with E-state index in [9.17, 15) is 9.59 Å². The largest absolute Gasteiger partial charge is 0.324 e. The quantitative estimate of drug-likeness (QED) is 0.649. The lowest BCUT2D eigenvalue weighted by atomic mass is 9.99. The summed E-state index contributed by atoms with van der Waals surface area (Å²) in [6.45, 7) is 3.24. The maximum atomic E-state index is 12.7. The van der Waals surface area contributed by atoms with Crippen molar-refractivity contribution in [2.45, 2.75) is 25.7 Å². The molecule has 0 unspecified atom stereocenters. The summed E-state index contributed by atoms with van der Waals surface area (Å²) in [6, 6.07) is 16.9. The highest BCUT2D eigenvalue weighted by atomic mass is 32.1. The number of benzene rings is 2. The first-order valence-electron chi connectivity index (χ1n) is 9.91. The molecule has 2 aromatic carbocycles. The van der Waals surface area contributed by atoms with E-state index in [1.54, 1.807) is 0 Å². The van der Waals surface area contributed by atoms with E-state index in [0.29, 0.717) is 18.1 Å². The zero-order valence-electron chi connectivity index (χ0n) is 16.7. The molecule has 3 amide bonds. The van der Waals surface area contributed by atoms with Crippen LogP contribution in [-0.4, -0.2) is 40.1 Å². The number of urea groups is 1. The Labute approximate surface area is 179 Å². The van der Waals surface area contributed by atoms with Crippen LogP contribution in [0.15, 0.2) is 54.6 Å². The summed E-state index contributed by atoms with van der Waals surface area (Å²) in [6.07, 6.45) is 1.81. The lowest BCUT2D eigenvalue weighted by molar-refractivity contribution is 0.102. The first-order chi connectivity index (χ1) is 14.6. The SMILES string of the molecule is Cc1ccccc1NC(=O)N1CCC[C@@H](c2nnc(C(=O)Nc3ccccc3)s2)C1. The molecule has 0 spiro atoms. The van der Waals surface area contributed by atoms with Gasteiger partial charge < -0.3 is 15.5 Å². The molecule has 1 aliphatic rings. The van der Waals surface area contributed by atoms with E-state index in [2.05, 4.69) is 20.8 Å². The van der Waals surface area contributed by atoms with Gasteiger partial charge in [0, 0.05) is 30.4 Å². The van der Waals surface area contributed by atoms with Crippen LogP contribution in [0.2, 0.25) is 0 Å². The summed E-state index contributed by atoms with van der Waals surface area (Å²) < 4.78 is 0. The van der Waals surface area contributed by atoms with E-state index in [1.807, 2.05) is 66.4 Å². The second kappa shape index (κ2) is 9.04. The van der Waals surface area contributed by atoms with E-state index < -0.39 is 0 Å². The van der Waals surface area contributed by atoms with Crippen LogP contribution in [0.5, 0.6) is 0 Å². The third-order valence-corrected chi connectivity index (χ3v) is 6.20. The molecule has 1 fully saturated rings. The molecule has 3 aromatic rings. The van der Waals surface area contributed by atoms with Gasteiger partial charge in [0.05, 0.1) is 0 Å². The first kappa shape index (κ1) is 20.0. The minimum Gasteiger partial charge on any atom is -0.324 e. The number of para-hydroxylation sites is 2. The van der Waals surface area contributed by atoms with Crippen LogP contribution in [0.1, 0.15) is 39.1 Å². The average molecular weight is 422 g/mol. The number of likely N-dealkylation sites (tertiary alicyclic amines) is 1. The van der Waals surface area contributed by atoms with E-state index in [1.165, 1.54) is 11.3 Å². The zero-order chi connectivity index (χ0) is 20.9. The fourth-order valence-electron chi connectivity index (χ4n) is 3.47. The minimum atomic E-state index is -0.269. The van der Waals surface area contributed by atoms with Crippen LogP contribution in [0.25, 0.3) is 0 Å².